The van der Waals surface area contributed by atoms with Gasteiger partial charge < -0.3 is 43.5 Å². The number of fused-ring (bicyclic) bond motifs is 5. The van der Waals surface area contributed by atoms with Gasteiger partial charge in [-0.2, -0.15) is 0 Å². The fourth-order valence-corrected chi connectivity index (χ4v) is 8.53. The number of carboxylic acid groups (broad SMARTS) is 1. The molecule has 4 heterocycles. The van der Waals surface area contributed by atoms with Gasteiger partial charge in [0.2, 0.25) is 18.0 Å². The number of phosphoric ester groups is 1. The highest BCUT2D eigenvalue weighted by Gasteiger charge is 2.54. The maximum Gasteiger partial charge on any atom is 0.524 e. The molecule has 2 bridgehead atoms. The van der Waals surface area contributed by atoms with Crippen molar-refractivity contribution in [3.05, 3.63) is 91.9 Å². The molecule has 0 aliphatic carbocycles. The number of aryl methyl sites for hydroxylation is 1. The molecule has 3 aliphatic rings. The zero-order valence-electron chi connectivity index (χ0n) is 33.9. The molecule has 3 atom stereocenters. The van der Waals surface area contributed by atoms with Gasteiger partial charge in [-0.3, -0.25) is 29.0 Å². The Morgan fingerprint density at radius 1 is 1.10 bits per heavy atom. The van der Waals surface area contributed by atoms with Gasteiger partial charge in [-0.25, -0.2) is 18.1 Å². The largest absolute Gasteiger partial charge is 0.524 e. The summed E-state index contributed by atoms with van der Waals surface area (Å²) in [4.78, 5) is 93.2. The van der Waals surface area contributed by atoms with Crippen LogP contribution in [0.5, 0.6) is 11.5 Å². The van der Waals surface area contributed by atoms with Crippen LogP contribution in [0.3, 0.4) is 0 Å². The van der Waals surface area contributed by atoms with Crippen LogP contribution in [-0.2, 0) is 42.1 Å². The molecular weight excluding hydrogens is 829 g/mol. The first-order valence-electron chi connectivity index (χ1n) is 19.2. The molecule has 3 aliphatic heterocycles. The summed E-state index contributed by atoms with van der Waals surface area (Å²) >= 11 is 0. The minimum Gasteiger partial charge on any atom is -0.481 e. The van der Waals surface area contributed by atoms with Crippen molar-refractivity contribution in [2.45, 2.75) is 96.4 Å². The third kappa shape index (κ3) is 9.71. The molecule has 2 amide bonds. The Labute approximate surface area is 347 Å². The van der Waals surface area contributed by atoms with Crippen LogP contribution in [0.4, 0.5) is 13.6 Å². The van der Waals surface area contributed by atoms with Crippen molar-refractivity contribution in [2.24, 2.45) is 5.16 Å². The van der Waals surface area contributed by atoms with Crippen LogP contribution < -0.4 is 20.0 Å². The van der Waals surface area contributed by atoms with E-state index in [0.717, 1.165) is 12.1 Å². The topological polar surface area (TPSA) is 242 Å². The van der Waals surface area contributed by atoms with E-state index in [0.29, 0.717) is 36.6 Å². The lowest BCUT2D eigenvalue weighted by Gasteiger charge is -2.42. The van der Waals surface area contributed by atoms with E-state index in [9.17, 15) is 52.2 Å². The number of benzene rings is 2. The van der Waals surface area contributed by atoms with Crippen LogP contribution in [0.1, 0.15) is 103 Å². The molecule has 0 unspecified atom stereocenters. The zero-order chi connectivity index (χ0) is 44.6. The molecule has 0 radical (unpaired) electrons. The SMILES string of the molecule is CC1=NO[C@@]2(CC[C@H](C)N3C[C@H]2n2cc(C(=O)NCc4ccc(F)cc4F)c(=O)c(OCOC(=O)OCCC(C)(C)c4c(CC(=O)O)cc(C)cc4OP(=O)(O)O)c2C3=O)C1. The van der Waals surface area contributed by atoms with Crippen LogP contribution in [0, 0.1) is 18.6 Å². The first kappa shape index (κ1) is 44.7. The number of aromatic nitrogens is 1. The Bertz CT molecular complexity index is 2420. The Morgan fingerprint density at radius 3 is 2.49 bits per heavy atom. The number of nitrogens with one attached hydrogen (secondary N) is 1. The van der Waals surface area contributed by atoms with Crippen molar-refractivity contribution in [1.29, 1.82) is 0 Å². The molecule has 1 fully saturated rings. The molecule has 1 aromatic heterocycles. The lowest BCUT2D eigenvalue weighted by molar-refractivity contribution is -0.136. The number of aliphatic carboxylic acids is 1. The normalized spacial score (nSPS) is 19.7. The van der Waals surface area contributed by atoms with E-state index < -0.39 is 97.0 Å². The molecule has 3 aromatic rings. The molecule has 6 rings (SSSR count). The third-order valence-electron chi connectivity index (χ3n) is 11.0. The lowest BCUT2D eigenvalue weighted by Crippen LogP contribution is -2.52. The van der Waals surface area contributed by atoms with Gasteiger partial charge in [-0.05, 0) is 68.7 Å². The second-order valence-corrected chi connectivity index (χ2v) is 17.1. The van der Waals surface area contributed by atoms with E-state index in [4.69, 9.17) is 23.6 Å². The lowest BCUT2D eigenvalue weighted by atomic mass is 9.77. The maximum atomic E-state index is 14.4. The highest BCUT2D eigenvalue weighted by atomic mass is 31.2. The van der Waals surface area contributed by atoms with Crippen molar-refractivity contribution < 1.29 is 71.0 Å². The average Bonchev–Trinajstić information content (AvgIpc) is 3.48. The summed E-state index contributed by atoms with van der Waals surface area (Å²) in [5.41, 5.74) is -2.36. The molecule has 18 nitrogen and oxygen atoms in total. The Morgan fingerprint density at radius 2 is 1.84 bits per heavy atom. The zero-order valence-corrected chi connectivity index (χ0v) is 34.8. The number of carbonyl (C=O) groups excluding carboxylic acids is 3. The number of phosphoric acid groups is 1. The van der Waals surface area contributed by atoms with Crippen LogP contribution in [0.15, 0.2) is 46.5 Å². The van der Waals surface area contributed by atoms with Crippen LogP contribution in [-0.4, -0.2) is 85.6 Å². The monoisotopic (exact) mass is 874 g/mol. The molecule has 2 aromatic carbocycles. The van der Waals surface area contributed by atoms with E-state index in [1.54, 1.807) is 38.7 Å². The van der Waals surface area contributed by atoms with Crippen LogP contribution in [0.25, 0.3) is 0 Å². The Kier molecular flexibility index (Phi) is 12.6. The number of pyridine rings is 1. The van der Waals surface area contributed by atoms with Crippen LogP contribution >= 0.6 is 7.82 Å². The summed E-state index contributed by atoms with van der Waals surface area (Å²) in [6.45, 7) is 6.86. The molecule has 1 saturated heterocycles. The van der Waals surface area contributed by atoms with Gasteiger partial charge in [0.05, 0.1) is 24.8 Å². The van der Waals surface area contributed by atoms with Gasteiger partial charge in [0.25, 0.3) is 11.8 Å². The highest BCUT2D eigenvalue weighted by molar-refractivity contribution is 7.46. The van der Waals surface area contributed by atoms with E-state index >= 15 is 0 Å². The first-order valence-corrected chi connectivity index (χ1v) is 20.7. The number of carbonyl (C=O) groups is 4. The number of carboxylic acids is 1. The predicted molar refractivity (Wildman–Crippen MR) is 209 cm³/mol. The summed E-state index contributed by atoms with van der Waals surface area (Å²) in [7, 11) is -5.07. The maximum absolute atomic E-state index is 14.4. The number of amides is 2. The quantitative estimate of drug-likeness (QED) is 0.0944. The summed E-state index contributed by atoms with van der Waals surface area (Å²) in [6.07, 6.45) is 0.757. The fraction of sp³-hybridized carbons (Fsp3) is 0.450. The van der Waals surface area contributed by atoms with Gasteiger partial charge in [0, 0.05) is 48.9 Å². The minimum absolute atomic E-state index is 0.0269. The smallest absolute Gasteiger partial charge is 0.481 e. The van der Waals surface area contributed by atoms with Gasteiger partial charge in [0.15, 0.2) is 11.3 Å². The van der Waals surface area contributed by atoms with Crippen molar-refractivity contribution in [2.75, 3.05) is 19.9 Å². The Balaban J connectivity index is 1.24. The van der Waals surface area contributed by atoms with Gasteiger partial charge >= 0.3 is 19.9 Å². The number of nitrogens with zero attached hydrogens (tertiary/aromatic N) is 3. The summed E-state index contributed by atoms with van der Waals surface area (Å²) in [6, 6.07) is 4.70. The molecule has 21 heteroatoms. The fourth-order valence-electron chi connectivity index (χ4n) is 8.13. The van der Waals surface area contributed by atoms with E-state index in [1.165, 1.54) is 16.8 Å². The number of hydrogen-bond acceptors (Lipinski definition) is 12. The van der Waals surface area contributed by atoms with Crippen molar-refractivity contribution >= 4 is 37.5 Å². The first-order chi connectivity index (χ1) is 28.6. The van der Waals surface area contributed by atoms with E-state index in [2.05, 4.69) is 10.5 Å². The summed E-state index contributed by atoms with van der Waals surface area (Å²) < 4.78 is 62.3. The molecule has 0 saturated carbocycles. The van der Waals surface area contributed by atoms with Crippen molar-refractivity contribution in [3.8, 4) is 11.5 Å². The molecule has 1 spiro atoms. The third-order valence-corrected chi connectivity index (χ3v) is 11.4. The van der Waals surface area contributed by atoms with Gasteiger partial charge in [0.1, 0.15) is 22.9 Å². The standard InChI is InChI=1S/C40H45F2N4O14P/c1-21-12-25(14-31(47)48)32(29(13-21)59-61(53,54)55)39(4,5)10-11-56-38(52)58-20-57-35-33-37(51)45-19-30(40(9-8-23(45)3)16-22(2)44-60-40)46(33)18-27(34(35)49)36(50)43-17-24-6-7-26(41)15-28(24)42/h6-7,12-13,15,18,23,30H,8-11,14,16-17,19-20H2,1-5H3,(H,43,50)(H,47,48)(H2,53,54,55)/t23-,30+,40-/m0/s1. The molecule has 61 heavy (non-hydrogen) atoms. The molecular formula is C40H45F2N4O14P. The summed E-state index contributed by atoms with van der Waals surface area (Å²) in [5, 5.41) is 16.2. The summed E-state index contributed by atoms with van der Waals surface area (Å²) in [5.74, 6) is -5.41. The van der Waals surface area contributed by atoms with Gasteiger partial charge in [-0.15, -0.1) is 0 Å². The van der Waals surface area contributed by atoms with E-state index in [1.807, 2.05) is 6.92 Å². The van der Waals surface area contributed by atoms with E-state index in [-0.39, 0.29) is 53.7 Å². The minimum atomic E-state index is -5.07. The van der Waals surface area contributed by atoms with Crippen molar-refractivity contribution in [3.63, 3.8) is 0 Å². The number of halogens is 2. The number of hydrogen-bond donors (Lipinski definition) is 4. The number of ether oxygens (including phenoxy) is 3. The second-order valence-electron chi connectivity index (χ2n) is 16.0. The van der Waals surface area contributed by atoms with Gasteiger partial charge in [-0.1, -0.05) is 31.1 Å². The van der Waals surface area contributed by atoms with Crippen LogP contribution in [0.2, 0.25) is 0 Å². The Hall–Kier alpha value is -5.85. The second kappa shape index (κ2) is 17.3. The highest BCUT2D eigenvalue weighted by Crippen LogP contribution is 2.47. The predicted octanol–water partition coefficient (Wildman–Crippen LogP) is 5.04. The molecule has 328 valence electrons. The van der Waals surface area contributed by atoms with Crippen molar-refractivity contribution in [1.82, 2.24) is 14.8 Å². The number of oxime groups is 1. The number of rotatable bonds is 14. The average molecular weight is 875 g/mol. The molecule has 4 N–H and O–H groups in total.